The molecule has 0 aliphatic carbocycles. The van der Waals surface area contributed by atoms with Gasteiger partial charge in [0.2, 0.25) is 0 Å². The molecule has 2 rings (SSSR count). The molecule has 0 radical (unpaired) electrons. The van der Waals surface area contributed by atoms with Gasteiger partial charge in [-0.25, -0.2) is 0 Å². The van der Waals surface area contributed by atoms with Crippen LogP contribution in [-0.4, -0.2) is 11.2 Å². The van der Waals surface area contributed by atoms with E-state index in [2.05, 4.69) is 35.5 Å². The summed E-state index contributed by atoms with van der Waals surface area (Å²) >= 11 is 1.76. The van der Waals surface area contributed by atoms with Gasteiger partial charge < -0.3 is 0 Å². The summed E-state index contributed by atoms with van der Waals surface area (Å²) in [5.74, 6) is 0. The lowest BCUT2D eigenvalue weighted by molar-refractivity contribution is 1.25. The first kappa shape index (κ1) is 8.57. The number of thioether (sulfide) groups is 1. The van der Waals surface area contributed by atoms with E-state index in [0.29, 0.717) is 0 Å². The number of benzene rings is 1. The van der Waals surface area contributed by atoms with Gasteiger partial charge in [-0.1, -0.05) is 6.07 Å². The van der Waals surface area contributed by atoms with Crippen LogP contribution in [0.15, 0.2) is 35.2 Å². The standard InChI is InChI=1S/C11H11NS/c1-8-3-4-9-7-10(13-2)5-6-11(9)12-8/h3-7H,1-2H3. The minimum absolute atomic E-state index is 1.07. The summed E-state index contributed by atoms with van der Waals surface area (Å²) in [6, 6.07) is 10.5. The van der Waals surface area contributed by atoms with Crippen LogP contribution in [0, 0.1) is 6.92 Å². The summed E-state index contributed by atoms with van der Waals surface area (Å²) in [4.78, 5) is 5.73. The van der Waals surface area contributed by atoms with Gasteiger partial charge >= 0.3 is 0 Å². The smallest absolute Gasteiger partial charge is 0.0705 e. The molecule has 0 N–H and O–H groups in total. The van der Waals surface area contributed by atoms with E-state index < -0.39 is 0 Å². The SMILES string of the molecule is CSc1ccc2nc(C)ccc2c1. The lowest BCUT2D eigenvalue weighted by Gasteiger charge is -2.00. The van der Waals surface area contributed by atoms with Gasteiger partial charge in [0.15, 0.2) is 0 Å². The highest BCUT2D eigenvalue weighted by atomic mass is 32.2. The van der Waals surface area contributed by atoms with Crippen molar-refractivity contribution in [2.45, 2.75) is 11.8 Å². The van der Waals surface area contributed by atoms with Crippen LogP contribution in [0.5, 0.6) is 0 Å². The van der Waals surface area contributed by atoms with Crippen molar-refractivity contribution < 1.29 is 0 Å². The molecule has 2 heteroatoms. The van der Waals surface area contributed by atoms with Gasteiger partial charge in [-0.2, -0.15) is 0 Å². The normalized spacial score (nSPS) is 10.6. The van der Waals surface area contributed by atoms with E-state index in [1.807, 2.05) is 13.0 Å². The molecule has 1 aromatic heterocycles. The van der Waals surface area contributed by atoms with Crippen molar-refractivity contribution in [3.05, 3.63) is 36.0 Å². The molecule has 13 heavy (non-hydrogen) atoms. The molecular formula is C11H11NS. The molecule has 0 unspecified atom stereocenters. The van der Waals surface area contributed by atoms with Crippen LogP contribution in [-0.2, 0) is 0 Å². The highest BCUT2D eigenvalue weighted by Crippen LogP contribution is 2.20. The van der Waals surface area contributed by atoms with Gasteiger partial charge in [0, 0.05) is 16.0 Å². The maximum absolute atomic E-state index is 4.44. The summed E-state index contributed by atoms with van der Waals surface area (Å²) in [6.45, 7) is 2.02. The molecule has 0 aliphatic heterocycles. The Balaban J connectivity index is 2.66. The lowest BCUT2D eigenvalue weighted by atomic mass is 10.2. The summed E-state index contributed by atoms with van der Waals surface area (Å²) in [5.41, 5.74) is 2.15. The van der Waals surface area contributed by atoms with Crippen molar-refractivity contribution in [2.24, 2.45) is 0 Å². The first-order chi connectivity index (χ1) is 6.29. The third-order valence-corrected chi connectivity index (χ3v) is 2.76. The van der Waals surface area contributed by atoms with E-state index in [4.69, 9.17) is 0 Å². The van der Waals surface area contributed by atoms with Crippen molar-refractivity contribution in [3.63, 3.8) is 0 Å². The van der Waals surface area contributed by atoms with E-state index >= 15 is 0 Å². The van der Waals surface area contributed by atoms with Crippen molar-refractivity contribution in [2.75, 3.05) is 6.26 Å². The Morgan fingerprint density at radius 3 is 2.77 bits per heavy atom. The zero-order chi connectivity index (χ0) is 9.26. The molecule has 0 spiro atoms. The van der Waals surface area contributed by atoms with Crippen LogP contribution in [0.1, 0.15) is 5.69 Å². The number of aromatic nitrogens is 1. The highest BCUT2D eigenvalue weighted by Gasteiger charge is 1.96. The van der Waals surface area contributed by atoms with Crippen molar-refractivity contribution in [3.8, 4) is 0 Å². The molecule has 0 amide bonds. The third-order valence-electron chi connectivity index (χ3n) is 2.04. The first-order valence-corrected chi connectivity index (χ1v) is 5.43. The van der Waals surface area contributed by atoms with Gasteiger partial charge in [0.1, 0.15) is 0 Å². The van der Waals surface area contributed by atoms with Gasteiger partial charge in [0.25, 0.3) is 0 Å². The monoisotopic (exact) mass is 189 g/mol. The van der Waals surface area contributed by atoms with E-state index in [1.165, 1.54) is 10.3 Å². The number of hydrogen-bond donors (Lipinski definition) is 0. The second-order valence-corrected chi connectivity index (χ2v) is 3.89. The van der Waals surface area contributed by atoms with Crippen LogP contribution >= 0.6 is 11.8 Å². The Labute approximate surface area is 82.2 Å². The van der Waals surface area contributed by atoms with Gasteiger partial charge in [-0.15, -0.1) is 11.8 Å². The van der Waals surface area contributed by atoms with E-state index in [9.17, 15) is 0 Å². The van der Waals surface area contributed by atoms with E-state index in [-0.39, 0.29) is 0 Å². The predicted octanol–water partition coefficient (Wildman–Crippen LogP) is 3.27. The summed E-state index contributed by atoms with van der Waals surface area (Å²) in [5, 5.41) is 1.22. The number of nitrogens with zero attached hydrogens (tertiary/aromatic N) is 1. The van der Waals surface area contributed by atoms with Crippen LogP contribution in [0.4, 0.5) is 0 Å². The van der Waals surface area contributed by atoms with Crippen LogP contribution in [0.3, 0.4) is 0 Å². The lowest BCUT2D eigenvalue weighted by Crippen LogP contribution is -1.82. The molecule has 2 aromatic rings. The number of aryl methyl sites for hydroxylation is 1. The number of hydrogen-bond acceptors (Lipinski definition) is 2. The summed E-state index contributed by atoms with van der Waals surface area (Å²) < 4.78 is 0. The molecule has 1 heterocycles. The zero-order valence-electron chi connectivity index (χ0n) is 7.74. The molecular weight excluding hydrogens is 178 g/mol. The van der Waals surface area contributed by atoms with E-state index in [0.717, 1.165) is 11.2 Å². The second-order valence-electron chi connectivity index (χ2n) is 3.01. The Kier molecular flexibility index (Phi) is 2.23. The Morgan fingerprint density at radius 1 is 1.15 bits per heavy atom. The summed E-state index contributed by atoms with van der Waals surface area (Å²) in [7, 11) is 0. The number of rotatable bonds is 1. The van der Waals surface area contributed by atoms with Crippen molar-refractivity contribution in [1.29, 1.82) is 0 Å². The third kappa shape index (κ3) is 1.68. The van der Waals surface area contributed by atoms with Crippen molar-refractivity contribution >= 4 is 22.7 Å². The fourth-order valence-corrected chi connectivity index (χ4v) is 1.78. The molecule has 66 valence electrons. The summed E-state index contributed by atoms with van der Waals surface area (Å²) in [6.07, 6.45) is 2.09. The molecule has 0 bridgehead atoms. The average Bonchev–Trinajstić information content (AvgIpc) is 2.17. The van der Waals surface area contributed by atoms with Crippen molar-refractivity contribution in [1.82, 2.24) is 4.98 Å². The average molecular weight is 189 g/mol. The minimum atomic E-state index is 1.07. The Hall–Kier alpha value is -1.02. The highest BCUT2D eigenvalue weighted by molar-refractivity contribution is 7.98. The fourth-order valence-electron chi connectivity index (χ4n) is 1.33. The molecule has 0 saturated carbocycles. The quantitative estimate of drug-likeness (QED) is 0.639. The molecule has 0 atom stereocenters. The number of pyridine rings is 1. The topological polar surface area (TPSA) is 12.9 Å². The van der Waals surface area contributed by atoms with Gasteiger partial charge in [-0.05, 0) is 37.4 Å². The zero-order valence-corrected chi connectivity index (χ0v) is 8.56. The fraction of sp³-hybridized carbons (Fsp3) is 0.182. The second kappa shape index (κ2) is 3.38. The maximum atomic E-state index is 4.44. The van der Waals surface area contributed by atoms with E-state index in [1.54, 1.807) is 11.8 Å². The number of fused-ring (bicyclic) bond motifs is 1. The van der Waals surface area contributed by atoms with Crippen LogP contribution in [0.25, 0.3) is 10.9 Å². The van der Waals surface area contributed by atoms with Crippen LogP contribution in [0.2, 0.25) is 0 Å². The van der Waals surface area contributed by atoms with Gasteiger partial charge in [-0.3, -0.25) is 4.98 Å². The largest absolute Gasteiger partial charge is 0.253 e. The first-order valence-electron chi connectivity index (χ1n) is 4.21. The predicted molar refractivity (Wildman–Crippen MR) is 58.3 cm³/mol. The van der Waals surface area contributed by atoms with Crippen LogP contribution < -0.4 is 0 Å². The Morgan fingerprint density at radius 2 is 2.00 bits per heavy atom. The molecule has 1 nitrogen and oxygen atoms in total. The maximum Gasteiger partial charge on any atom is 0.0705 e. The van der Waals surface area contributed by atoms with Gasteiger partial charge in [0.05, 0.1) is 5.52 Å². The molecule has 0 saturated heterocycles. The molecule has 1 aromatic carbocycles. The Bertz CT molecular complexity index is 437. The molecule has 0 fully saturated rings. The minimum Gasteiger partial charge on any atom is -0.253 e. The molecule has 0 aliphatic rings.